The van der Waals surface area contributed by atoms with Gasteiger partial charge in [-0.1, -0.05) is 25.0 Å². The van der Waals surface area contributed by atoms with Gasteiger partial charge in [-0.3, -0.25) is 4.79 Å². The van der Waals surface area contributed by atoms with Crippen molar-refractivity contribution in [1.29, 1.82) is 5.26 Å². The minimum absolute atomic E-state index is 0.333. The SMILES string of the molecule is N#Cc1ccccc1NC(=O)c1cnc(NC2CCCC2)nc1. The van der Waals surface area contributed by atoms with E-state index in [1.807, 2.05) is 6.07 Å². The molecule has 6 nitrogen and oxygen atoms in total. The molecule has 2 N–H and O–H groups in total. The molecular weight excluding hydrogens is 290 g/mol. The summed E-state index contributed by atoms with van der Waals surface area (Å²) in [7, 11) is 0. The summed E-state index contributed by atoms with van der Waals surface area (Å²) in [6.07, 6.45) is 7.73. The van der Waals surface area contributed by atoms with Crippen LogP contribution in [0.15, 0.2) is 36.7 Å². The van der Waals surface area contributed by atoms with Crippen LogP contribution in [0.3, 0.4) is 0 Å². The summed E-state index contributed by atoms with van der Waals surface area (Å²) in [4.78, 5) is 20.6. The first kappa shape index (κ1) is 15.0. The third-order valence-corrected chi connectivity index (χ3v) is 3.90. The van der Waals surface area contributed by atoms with Crippen molar-refractivity contribution in [2.24, 2.45) is 0 Å². The number of nitrogens with one attached hydrogen (secondary N) is 2. The van der Waals surface area contributed by atoms with Gasteiger partial charge < -0.3 is 10.6 Å². The monoisotopic (exact) mass is 307 g/mol. The van der Waals surface area contributed by atoms with Crippen LogP contribution in [0.4, 0.5) is 11.6 Å². The van der Waals surface area contributed by atoms with Gasteiger partial charge in [0.15, 0.2) is 0 Å². The van der Waals surface area contributed by atoms with Gasteiger partial charge in [-0.2, -0.15) is 5.26 Å². The highest BCUT2D eigenvalue weighted by atomic mass is 16.1. The maximum absolute atomic E-state index is 12.2. The van der Waals surface area contributed by atoms with Gasteiger partial charge >= 0.3 is 0 Å². The van der Waals surface area contributed by atoms with Gasteiger partial charge in [-0.25, -0.2) is 9.97 Å². The highest BCUT2D eigenvalue weighted by Crippen LogP contribution is 2.20. The fourth-order valence-electron chi connectivity index (χ4n) is 2.66. The van der Waals surface area contributed by atoms with Crippen molar-refractivity contribution >= 4 is 17.5 Å². The Labute approximate surface area is 134 Å². The fraction of sp³-hybridized carbons (Fsp3) is 0.294. The van der Waals surface area contributed by atoms with E-state index in [9.17, 15) is 4.79 Å². The zero-order valence-corrected chi connectivity index (χ0v) is 12.6. The van der Waals surface area contributed by atoms with Crippen molar-refractivity contribution in [1.82, 2.24) is 9.97 Å². The normalized spacial score (nSPS) is 14.2. The molecule has 1 aromatic carbocycles. The molecule has 1 heterocycles. The first-order chi connectivity index (χ1) is 11.3. The number of para-hydroxylation sites is 1. The average molecular weight is 307 g/mol. The standard InChI is InChI=1S/C17H17N5O/c18-9-12-5-1-4-8-15(12)22-16(23)13-10-19-17(20-11-13)21-14-6-2-3-7-14/h1,4-5,8,10-11,14H,2-3,6-7H2,(H,22,23)(H,19,20,21). The summed E-state index contributed by atoms with van der Waals surface area (Å²) in [5, 5.41) is 15.0. The highest BCUT2D eigenvalue weighted by molar-refractivity contribution is 6.04. The molecule has 0 radical (unpaired) electrons. The van der Waals surface area contributed by atoms with E-state index in [1.54, 1.807) is 24.3 Å². The highest BCUT2D eigenvalue weighted by Gasteiger charge is 2.16. The Morgan fingerprint density at radius 1 is 1.17 bits per heavy atom. The van der Waals surface area contributed by atoms with Crippen molar-refractivity contribution in [3.8, 4) is 6.07 Å². The molecule has 3 rings (SSSR count). The van der Waals surface area contributed by atoms with Crippen LogP contribution in [0.2, 0.25) is 0 Å². The minimum Gasteiger partial charge on any atom is -0.351 e. The number of aromatic nitrogens is 2. The van der Waals surface area contributed by atoms with Crippen LogP contribution in [0.1, 0.15) is 41.6 Å². The van der Waals surface area contributed by atoms with Crippen molar-refractivity contribution in [2.75, 3.05) is 10.6 Å². The van der Waals surface area contributed by atoms with Crippen LogP contribution < -0.4 is 10.6 Å². The number of carbonyl (C=O) groups is 1. The molecule has 0 saturated heterocycles. The number of hydrogen-bond donors (Lipinski definition) is 2. The number of amides is 1. The van der Waals surface area contributed by atoms with Gasteiger partial charge in [0.1, 0.15) is 6.07 Å². The lowest BCUT2D eigenvalue weighted by atomic mass is 10.2. The van der Waals surface area contributed by atoms with Gasteiger partial charge in [0.05, 0.1) is 16.8 Å². The van der Waals surface area contributed by atoms with Gasteiger partial charge in [-0.05, 0) is 25.0 Å². The lowest BCUT2D eigenvalue weighted by Gasteiger charge is -2.11. The van der Waals surface area contributed by atoms with Gasteiger partial charge in [0.25, 0.3) is 5.91 Å². The second-order valence-corrected chi connectivity index (χ2v) is 5.53. The van der Waals surface area contributed by atoms with E-state index in [4.69, 9.17) is 5.26 Å². The van der Waals surface area contributed by atoms with E-state index < -0.39 is 0 Å². The van der Waals surface area contributed by atoms with Crippen molar-refractivity contribution < 1.29 is 4.79 Å². The van der Waals surface area contributed by atoms with Crippen LogP contribution in [-0.4, -0.2) is 21.9 Å². The molecule has 0 spiro atoms. The molecule has 0 bridgehead atoms. The molecule has 0 unspecified atom stereocenters. The van der Waals surface area contributed by atoms with Gasteiger partial charge in [-0.15, -0.1) is 0 Å². The van der Waals surface area contributed by atoms with Crippen molar-refractivity contribution in [2.45, 2.75) is 31.7 Å². The van der Waals surface area contributed by atoms with Crippen LogP contribution in [-0.2, 0) is 0 Å². The predicted molar refractivity (Wildman–Crippen MR) is 87.0 cm³/mol. The van der Waals surface area contributed by atoms with Crippen LogP contribution in [0.5, 0.6) is 0 Å². The molecule has 1 fully saturated rings. The Morgan fingerprint density at radius 3 is 2.57 bits per heavy atom. The largest absolute Gasteiger partial charge is 0.351 e. The van der Waals surface area contributed by atoms with Crippen LogP contribution >= 0.6 is 0 Å². The Kier molecular flexibility index (Phi) is 4.48. The molecule has 0 atom stereocenters. The molecular formula is C17H17N5O. The third-order valence-electron chi connectivity index (χ3n) is 3.90. The summed E-state index contributed by atoms with van der Waals surface area (Å²) >= 11 is 0. The summed E-state index contributed by atoms with van der Waals surface area (Å²) in [5.41, 5.74) is 1.25. The zero-order valence-electron chi connectivity index (χ0n) is 12.6. The molecule has 1 aromatic heterocycles. The Morgan fingerprint density at radius 2 is 1.87 bits per heavy atom. The maximum Gasteiger partial charge on any atom is 0.258 e. The minimum atomic E-state index is -0.333. The summed E-state index contributed by atoms with van der Waals surface area (Å²) < 4.78 is 0. The third kappa shape index (κ3) is 3.64. The second-order valence-electron chi connectivity index (χ2n) is 5.53. The Bertz CT molecular complexity index is 729. The number of rotatable bonds is 4. The van der Waals surface area contributed by atoms with Crippen molar-refractivity contribution in [3.63, 3.8) is 0 Å². The first-order valence-electron chi connectivity index (χ1n) is 7.65. The molecule has 1 aliphatic rings. The lowest BCUT2D eigenvalue weighted by molar-refractivity contribution is 0.102. The number of nitriles is 1. The van der Waals surface area contributed by atoms with E-state index in [0.717, 1.165) is 12.8 Å². The van der Waals surface area contributed by atoms with E-state index in [0.29, 0.717) is 28.8 Å². The number of anilines is 2. The fourth-order valence-corrected chi connectivity index (χ4v) is 2.66. The summed E-state index contributed by atoms with van der Waals surface area (Å²) in [6, 6.07) is 9.33. The topological polar surface area (TPSA) is 90.7 Å². The average Bonchev–Trinajstić information content (AvgIpc) is 3.09. The summed E-state index contributed by atoms with van der Waals surface area (Å²) in [5.74, 6) is 0.214. The lowest BCUT2D eigenvalue weighted by Crippen LogP contribution is -2.18. The number of benzene rings is 1. The number of nitrogens with zero attached hydrogens (tertiary/aromatic N) is 3. The van der Waals surface area contributed by atoms with E-state index >= 15 is 0 Å². The smallest absolute Gasteiger partial charge is 0.258 e. The molecule has 1 amide bonds. The zero-order chi connectivity index (χ0) is 16.1. The van der Waals surface area contributed by atoms with E-state index in [2.05, 4.69) is 20.6 Å². The molecule has 23 heavy (non-hydrogen) atoms. The molecule has 1 saturated carbocycles. The molecule has 1 aliphatic carbocycles. The van der Waals surface area contributed by atoms with E-state index in [1.165, 1.54) is 25.2 Å². The molecule has 0 aliphatic heterocycles. The predicted octanol–water partition coefficient (Wildman–Crippen LogP) is 2.96. The molecule has 2 aromatic rings. The second kappa shape index (κ2) is 6.88. The molecule has 6 heteroatoms. The number of hydrogen-bond acceptors (Lipinski definition) is 5. The molecule has 116 valence electrons. The number of carbonyl (C=O) groups excluding carboxylic acids is 1. The van der Waals surface area contributed by atoms with Crippen LogP contribution in [0, 0.1) is 11.3 Å². The van der Waals surface area contributed by atoms with E-state index in [-0.39, 0.29) is 5.91 Å². The van der Waals surface area contributed by atoms with Gasteiger partial charge in [0.2, 0.25) is 5.95 Å². The van der Waals surface area contributed by atoms with Crippen LogP contribution in [0.25, 0.3) is 0 Å². The summed E-state index contributed by atoms with van der Waals surface area (Å²) in [6.45, 7) is 0. The Balaban J connectivity index is 1.66. The van der Waals surface area contributed by atoms with Gasteiger partial charge in [0, 0.05) is 18.4 Å². The maximum atomic E-state index is 12.2. The van der Waals surface area contributed by atoms with Crippen molar-refractivity contribution in [3.05, 3.63) is 47.8 Å². The quantitative estimate of drug-likeness (QED) is 0.906. The Hall–Kier alpha value is -2.94. The first-order valence-corrected chi connectivity index (χ1v) is 7.65.